The SMILES string of the molecule is CC(C)NC(=O)CNc1ccc(C#N)cc1. The first-order chi connectivity index (χ1) is 7.61. The van der Waals surface area contributed by atoms with E-state index in [1.54, 1.807) is 24.3 Å². The lowest BCUT2D eigenvalue weighted by Gasteiger charge is -2.09. The van der Waals surface area contributed by atoms with Crippen LogP contribution in [0.25, 0.3) is 0 Å². The Bertz CT molecular complexity index is 390. The number of hydrogen-bond donors (Lipinski definition) is 2. The first kappa shape index (κ1) is 12.1. The summed E-state index contributed by atoms with van der Waals surface area (Å²) in [5.74, 6) is -0.0423. The summed E-state index contributed by atoms with van der Waals surface area (Å²) in [5, 5.41) is 14.4. The molecule has 84 valence electrons. The van der Waals surface area contributed by atoms with Gasteiger partial charge in [-0.3, -0.25) is 4.79 Å². The zero-order chi connectivity index (χ0) is 12.0. The average Bonchev–Trinajstić information content (AvgIpc) is 2.26. The van der Waals surface area contributed by atoms with Gasteiger partial charge >= 0.3 is 0 Å². The average molecular weight is 217 g/mol. The Kier molecular flexibility index (Phi) is 4.34. The van der Waals surface area contributed by atoms with Crippen LogP contribution in [0.5, 0.6) is 0 Å². The number of amides is 1. The standard InChI is InChI=1S/C12H15N3O/c1-9(2)15-12(16)8-14-11-5-3-10(7-13)4-6-11/h3-6,9,14H,8H2,1-2H3,(H,15,16). The number of nitrogens with one attached hydrogen (secondary N) is 2. The van der Waals surface area contributed by atoms with Crippen molar-refractivity contribution in [2.45, 2.75) is 19.9 Å². The van der Waals surface area contributed by atoms with Gasteiger partial charge in [-0.1, -0.05) is 0 Å². The van der Waals surface area contributed by atoms with Crippen LogP contribution < -0.4 is 10.6 Å². The molecule has 0 fully saturated rings. The summed E-state index contributed by atoms with van der Waals surface area (Å²) >= 11 is 0. The predicted molar refractivity (Wildman–Crippen MR) is 62.9 cm³/mol. The van der Waals surface area contributed by atoms with Crippen LogP contribution in [0.3, 0.4) is 0 Å². The lowest BCUT2D eigenvalue weighted by molar-refractivity contribution is -0.119. The smallest absolute Gasteiger partial charge is 0.239 e. The van der Waals surface area contributed by atoms with Gasteiger partial charge in [-0.25, -0.2) is 0 Å². The van der Waals surface area contributed by atoms with Gasteiger partial charge < -0.3 is 10.6 Å². The lowest BCUT2D eigenvalue weighted by atomic mass is 10.2. The third-order valence-electron chi connectivity index (χ3n) is 1.92. The van der Waals surface area contributed by atoms with Crippen LogP contribution in [-0.4, -0.2) is 18.5 Å². The first-order valence-corrected chi connectivity index (χ1v) is 5.15. The molecule has 0 aliphatic rings. The molecule has 0 atom stereocenters. The molecule has 0 bridgehead atoms. The monoisotopic (exact) mass is 217 g/mol. The summed E-state index contributed by atoms with van der Waals surface area (Å²) in [6.45, 7) is 4.07. The van der Waals surface area contributed by atoms with E-state index in [0.717, 1.165) is 5.69 Å². The highest BCUT2D eigenvalue weighted by Crippen LogP contribution is 2.07. The summed E-state index contributed by atoms with van der Waals surface area (Å²) in [6.07, 6.45) is 0. The number of nitrogens with zero attached hydrogens (tertiary/aromatic N) is 1. The Balaban J connectivity index is 2.43. The maximum atomic E-state index is 11.3. The minimum atomic E-state index is -0.0423. The van der Waals surface area contributed by atoms with Gasteiger partial charge in [0.25, 0.3) is 0 Å². The molecule has 1 amide bonds. The van der Waals surface area contributed by atoms with E-state index < -0.39 is 0 Å². The molecule has 0 unspecified atom stereocenters. The van der Waals surface area contributed by atoms with Gasteiger partial charge in [0.05, 0.1) is 18.2 Å². The number of carbonyl (C=O) groups is 1. The van der Waals surface area contributed by atoms with Crippen molar-refractivity contribution >= 4 is 11.6 Å². The molecule has 4 heteroatoms. The number of rotatable bonds is 4. The molecule has 0 radical (unpaired) electrons. The second-order valence-corrected chi connectivity index (χ2v) is 3.76. The Morgan fingerprint density at radius 3 is 2.50 bits per heavy atom. The Labute approximate surface area is 95.3 Å². The summed E-state index contributed by atoms with van der Waals surface area (Å²) in [5.41, 5.74) is 1.44. The molecule has 1 aromatic rings. The summed E-state index contributed by atoms with van der Waals surface area (Å²) in [4.78, 5) is 11.3. The summed E-state index contributed by atoms with van der Waals surface area (Å²) in [7, 11) is 0. The minimum absolute atomic E-state index is 0.0423. The van der Waals surface area contributed by atoms with Crippen LogP contribution in [0.2, 0.25) is 0 Å². The van der Waals surface area contributed by atoms with Crippen LogP contribution in [0, 0.1) is 11.3 Å². The number of carbonyl (C=O) groups excluding carboxylic acids is 1. The van der Waals surface area contributed by atoms with Crippen molar-refractivity contribution in [3.8, 4) is 6.07 Å². The van der Waals surface area contributed by atoms with Crippen molar-refractivity contribution in [1.82, 2.24) is 5.32 Å². The fraction of sp³-hybridized carbons (Fsp3) is 0.333. The van der Waals surface area contributed by atoms with Gasteiger partial charge in [0.1, 0.15) is 0 Å². The fourth-order valence-electron chi connectivity index (χ4n) is 1.22. The number of hydrogen-bond acceptors (Lipinski definition) is 3. The Morgan fingerprint density at radius 2 is 2.00 bits per heavy atom. The molecule has 1 rings (SSSR count). The van der Waals surface area contributed by atoms with Crippen molar-refractivity contribution in [2.24, 2.45) is 0 Å². The quantitative estimate of drug-likeness (QED) is 0.803. The Morgan fingerprint density at radius 1 is 1.38 bits per heavy atom. The van der Waals surface area contributed by atoms with Crippen molar-refractivity contribution < 1.29 is 4.79 Å². The lowest BCUT2D eigenvalue weighted by Crippen LogP contribution is -2.34. The van der Waals surface area contributed by atoms with Crippen molar-refractivity contribution in [3.63, 3.8) is 0 Å². The molecule has 0 aliphatic carbocycles. The van der Waals surface area contributed by atoms with E-state index in [0.29, 0.717) is 5.56 Å². The number of anilines is 1. The highest BCUT2D eigenvalue weighted by molar-refractivity contribution is 5.80. The molecule has 0 saturated carbocycles. The van der Waals surface area contributed by atoms with Crippen molar-refractivity contribution in [3.05, 3.63) is 29.8 Å². The molecule has 4 nitrogen and oxygen atoms in total. The third kappa shape index (κ3) is 4.01. The van der Waals surface area contributed by atoms with Crippen LogP contribution in [0.4, 0.5) is 5.69 Å². The van der Waals surface area contributed by atoms with Gasteiger partial charge in [0, 0.05) is 11.7 Å². The van der Waals surface area contributed by atoms with E-state index in [-0.39, 0.29) is 18.5 Å². The van der Waals surface area contributed by atoms with E-state index in [1.807, 2.05) is 19.9 Å². The number of nitriles is 1. The summed E-state index contributed by atoms with van der Waals surface area (Å²) in [6, 6.07) is 9.17. The maximum absolute atomic E-state index is 11.3. The first-order valence-electron chi connectivity index (χ1n) is 5.15. The van der Waals surface area contributed by atoms with Gasteiger partial charge in [0.2, 0.25) is 5.91 Å². The van der Waals surface area contributed by atoms with Gasteiger partial charge in [0.15, 0.2) is 0 Å². The molecule has 0 aromatic heterocycles. The van der Waals surface area contributed by atoms with Gasteiger partial charge in [-0.05, 0) is 38.1 Å². The molecule has 2 N–H and O–H groups in total. The highest BCUT2D eigenvalue weighted by Gasteiger charge is 2.02. The normalized spacial score (nSPS) is 9.62. The number of benzene rings is 1. The van der Waals surface area contributed by atoms with E-state index in [9.17, 15) is 4.79 Å². The molecular weight excluding hydrogens is 202 g/mol. The Hall–Kier alpha value is -2.02. The molecule has 0 spiro atoms. The molecule has 0 saturated heterocycles. The third-order valence-corrected chi connectivity index (χ3v) is 1.92. The highest BCUT2D eigenvalue weighted by atomic mass is 16.1. The van der Waals surface area contributed by atoms with Crippen molar-refractivity contribution in [1.29, 1.82) is 5.26 Å². The fourth-order valence-corrected chi connectivity index (χ4v) is 1.22. The topological polar surface area (TPSA) is 64.9 Å². The van der Waals surface area contributed by atoms with E-state index >= 15 is 0 Å². The second-order valence-electron chi connectivity index (χ2n) is 3.76. The van der Waals surface area contributed by atoms with E-state index in [1.165, 1.54) is 0 Å². The van der Waals surface area contributed by atoms with Crippen LogP contribution in [0.1, 0.15) is 19.4 Å². The summed E-state index contributed by atoms with van der Waals surface area (Å²) < 4.78 is 0. The maximum Gasteiger partial charge on any atom is 0.239 e. The van der Waals surface area contributed by atoms with Crippen molar-refractivity contribution in [2.75, 3.05) is 11.9 Å². The minimum Gasteiger partial charge on any atom is -0.376 e. The molecular formula is C12H15N3O. The second kappa shape index (κ2) is 5.76. The molecule has 0 aliphatic heterocycles. The largest absolute Gasteiger partial charge is 0.376 e. The molecule has 16 heavy (non-hydrogen) atoms. The van der Waals surface area contributed by atoms with E-state index in [2.05, 4.69) is 10.6 Å². The van der Waals surface area contributed by atoms with Gasteiger partial charge in [-0.15, -0.1) is 0 Å². The zero-order valence-corrected chi connectivity index (χ0v) is 9.45. The zero-order valence-electron chi connectivity index (χ0n) is 9.45. The van der Waals surface area contributed by atoms with Crippen LogP contribution >= 0.6 is 0 Å². The van der Waals surface area contributed by atoms with Crippen LogP contribution in [-0.2, 0) is 4.79 Å². The molecule has 0 heterocycles. The van der Waals surface area contributed by atoms with Crippen LogP contribution in [0.15, 0.2) is 24.3 Å². The van der Waals surface area contributed by atoms with E-state index in [4.69, 9.17) is 5.26 Å². The predicted octanol–water partition coefficient (Wildman–Crippen LogP) is 1.49. The van der Waals surface area contributed by atoms with Gasteiger partial charge in [-0.2, -0.15) is 5.26 Å². The molecule has 1 aromatic carbocycles.